The Hall–Kier alpha value is -0.830. The van der Waals surface area contributed by atoms with Gasteiger partial charge in [-0.2, -0.15) is 0 Å². The lowest BCUT2D eigenvalue weighted by molar-refractivity contribution is 0.520. The van der Waals surface area contributed by atoms with Crippen LogP contribution in [-0.4, -0.2) is 13.1 Å². The van der Waals surface area contributed by atoms with Crippen molar-refractivity contribution in [3.8, 4) is 0 Å². The van der Waals surface area contributed by atoms with Crippen LogP contribution in [0.5, 0.6) is 0 Å². The van der Waals surface area contributed by atoms with E-state index in [9.17, 15) is 4.21 Å². The molecule has 0 amide bonds. The average Bonchev–Trinajstić information content (AvgIpc) is 1.82. The first-order chi connectivity index (χ1) is 4.22. The third-order valence-corrected chi connectivity index (χ3v) is 1.19. The zero-order chi connectivity index (χ0) is 7.28. The summed E-state index contributed by atoms with van der Waals surface area (Å²) in [6.45, 7) is 6.49. The maximum atomic E-state index is 10.2. The van der Waals surface area contributed by atoms with Gasteiger partial charge in [0.15, 0.2) is 0 Å². The van der Waals surface area contributed by atoms with Crippen molar-refractivity contribution in [3.63, 3.8) is 0 Å². The minimum Gasteiger partial charge on any atom is -0.289 e. The Morgan fingerprint density at radius 1 is 1.78 bits per heavy atom. The maximum Gasteiger partial charge on any atom is 0.266 e. The van der Waals surface area contributed by atoms with Crippen molar-refractivity contribution < 1.29 is 8.76 Å². The minimum atomic E-state index is -2.05. The molecule has 0 aromatic heterocycles. The van der Waals surface area contributed by atoms with Gasteiger partial charge in [0.1, 0.15) is 0 Å². The lowest BCUT2D eigenvalue weighted by Gasteiger charge is -2.04. The molecule has 1 N–H and O–H groups in total. The Morgan fingerprint density at radius 2 is 2.33 bits per heavy atom. The van der Waals surface area contributed by atoms with Crippen molar-refractivity contribution in [1.82, 2.24) is 4.31 Å². The van der Waals surface area contributed by atoms with Gasteiger partial charge in [-0.1, -0.05) is 13.2 Å². The standard InChI is InChI=1S/C5H7NO2S/c1-3-5-6(4-2)9(7)8/h4-5H,1-2H2,(H,7,8). The summed E-state index contributed by atoms with van der Waals surface area (Å²) < 4.78 is 19.5. The van der Waals surface area contributed by atoms with E-state index in [1.807, 2.05) is 0 Å². The van der Waals surface area contributed by atoms with Crippen LogP contribution >= 0.6 is 0 Å². The summed E-state index contributed by atoms with van der Waals surface area (Å²) in [6, 6.07) is 0. The van der Waals surface area contributed by atoms with Crippen molar-refractivity contribution in [1.29, 1.82) is 0 Å². The zero-order valence-corrected chi connectivity index (χ0v) is 5.60. The monoisotopic (exact) mass is 145 g/mol. The van der Waals surface area contributed by atoms with E-state index in [4.69, 9.17) is 4.55 Å². The summed E-state index contributed by atoms with van der Waals surface area (Å²) in [4.78, 5) is 0. The minimum absolute atomic E-state index is 0.965. The number of hydrogen-bond donors (Lipinski definition) is 1. The molecule has 3 nitrogen and oxygen atoms in total. The lowest BCUT2D eigenvalue weighted by atomic mass is 10.8. The van der Waals surface area contributed by atoms with Crippen molar-refractivity contribution in [2.24, 2.45) is 0 Å². The molecule has 0 saturated heterocycles. The molecule has 0 aliphatic rings. The van der Waals surface area contributed by atoms with Crippen LogP contribution in [-0.2, 0) is 11.3 Å². The topological polar surface area (TPSA) is 40.5 Å². The highest BCUT2D eigenvalue weighted by atomic mass is 32.2. The average molecular weight is 145 g/mol. The molecule has 0 spiro atoms. The summed E-state index contributed by atoms with van der Waals surface area (Å²) in [5.74, 6) is 0. The molecule has 50 valence electrons. The van der Waals surface area contributed by atoms with E-state index < -0.39 is 11.3 Å². The van der Waals surface area contributed by atoms with E-state index in [2.05, 4.69) is 18.9 Å². The van der Waals surface area contributed by atoms with Gasteiger partial charge >= 0.3 is 0 Å². The molecule has 0 rings (SSSR count). The molecule has 0 aliphatic carbocycles. The maximum absolute atomic E-state index is 10.2. The predicted octanol–water partition coefficient (Wildman–Crippen LogP) is 0.867. The third kappa shape index (κ3) is 2.87. The molecule has 0 aromatic carbocycles. The van der Waals surface area contributed by atoms with Crippen LogP contribution in [0.25, 0.3) is 0 Å². The first-order valence-corrected chi connectivity index (χ1v) is 3.16. The summed E-state index contributed by atoms with van der Waals surface area (Å²) in [5.41, 5.74) is 2.33. The number of rotatable bonds is 3. The molecule has 1 unspecified atom stereocenters. The number of nitrogens with zero attached hydrogens (tertiary/aromatic N) is 1. The predicted molar refractivity (Wildman–Crippen MR) is 36.5 cm³/mol. The highest BCUT2D eigenvalue weighted by Crippen LogP contribution is 1.90. The van der Waals surface area contributed by atoms with Gasteiger partial charge < -0.3 is 0 Å². The normalized spacial score (nSPS) is 11.2. The second-order valence-corrected chi connectivity index (χ2v) is 1.99. The van der Waals surface area contributed by atoms with Gasteiger partial charge in [-0.05, 0) is 0 Å². The second-order valence-electron chi connectivity index (χ2n) is 1.11. The van der Waals surface area contributed by atoms with Gasteiger partial charge in [-0.15, -0.1) is 5.73 Å². The summed E-state index contributed by atoms with van der Waals surface area (Å²) in [5, 5.41) is 0. The van der Waals surface area contributed by atoms with Crippen LogP contribution in [0.4, 0.5) is 0 Å². The quantitative estimate of drug-likeness (QED) is 0.473. The van der Waals surface area contributed by atoms with Crippen LogP contribution in [0.2, 0.25) is 0 Å². The third-order valence-electron chi connectivity index (χ3n) is 0.579. The molecule has 0 aromatic rings. The van der Waals surface area contributed by atoms with Crippen LogP contribution in [0.1, 0.15) is 0 Å². The SMILES string of the molecule is C=C=CN(C=C)S(=O)O. The van der Waals surface area contributed by atoms with Crippen molar-refractivity contribution in [2.75, 3.05) is 0 Å². The summed E-state index contributed by atoms with van der Waals surface area (Å²) >= 11 is -2.05. The zero-order valence-electron chi connectivity index (χ0n) is 4.78. The Morgan fingerprint density at radius 3 is 2.44 bits per heavy atom. The lowest BCUT2D eigenvalue weighted by Crippen LogP contribution is -2.10. The van der Waals surface area contributed by atoms with E-state index in [0.29, 0.717) is 0 Å². The molecular formula is C5H7NO2S. The van der Waals surface area contributed by atoms with Crippen molar-refractivity contribution >= 4 is 11.3 Å². The Balaban J connectivity index is 4.15. The Kier molecular flexibility index (Phi) is 3.71. The van der Waals surface area contributed by atoms with Crippen LogP contribution in [0.15, 0.2) is 31.3 Å². The Labute approximate surface area is 56.4 Å². The number of hydrogen-bond acceptors (Lipinski definition) is 1. The van der Waals surface area contributed by atoms with Gasteiger partial charge in [-0.3, -0.25) is 4.55 Å². The van der Waals surface area contributed by atoms with Gasteiger partial charge in [-0.25, -0.2) is 8.51 Å². The van der Waals surface area contributed by atoms with Gasteiger partial charge in [0, 0.05) is 6.20 Å². The van der Waals surface area contributed by atoms with Crippen LogP contribution in [0.3, 0.4) is 0 Å². The van der Waals surface area contributed by atoms with Gasteiger partial charge in [0.2, 0.25) is 0 Å². The molecule has 0 radical (unpaired) electrons. The van der Waals surface area contributed by atoms with Gasteiger partial charge in [0.25, 0.3) is 11.3 Å². The molecule has 9 heavy (non-hydrogen) atoms. The first kappa shape index (κ1) is 8.17. The Bertz CT molecular complexity index is 170. The molecule has 1 atom stereocenters. The van der Waals surface area contributed by atoms with Crippen LogP contribution < -0.4 is 0 Å². The molecule has 0 bridgehead atoms. The summed E-state index contributed by atoms with van der Waals surface area (Å²) in [6.07, 6.45) is 2.43. The molecular weight excluding hydrogens is 138 g/mol. The highest BCUT2D eigenvalue weighted by Gasteiger charge is 1.96. The largest absolute Gasteiger partial charge is 0.289 e. The van der Waals surface area contributed by atoms with E-state index >= 15 is 0 Å². The van der Waals surface area contributed by atoms with Gasteiger partial charge in [0.05, 0.1) is 6.20 Å². The smallest absolute Gasteiger partial charge is 0.266 e. The second kappa shape index (κ2) is 4.09. The van der Waals surface area contributed by atoms with E-state index in [0.717, 1.165) is 4.31 Å². The van der Waals surface area contributed by atoms with E-state index in [1.165, 1.54) is 12.4 Å². The van der Waals surface area contributed by atoms with E-state index in [-0.39, 0.29) is 0 Å². The molecule has 0 fully saturated rings. The fourth-order valence-electron chi connectivity index (χ4n) is 0.252. The summed E-state index contributed by atoms with van der Waals surface area (Å²) in [7, 11) is 0. The molecule has 0 heterocycles. The fraction of sp³-hybridized carbons (Fsp3) is 0. The molecule has 0 aliphatic heterocycles. The molecule has 0 saturated carbocycles. The molecule has 4 heteroatoms. The first-order valence-electron chi connectivity index (χ1n) is 2.10. The highest BCUT2D eigenvalue weighted by molar-refractivity contribution is 7.76. The van der Waals surface area contributed by atoms with Crippen LogP contribution in [0, 0.1) is 0 Å². The van der Waals surface area contributed by atoms with Crippen molar-refractivity contribution in [3.05, 3.63) is 31.3 Å². The fourth-order valence-corrected chi connectivity index (χ4v) is 0.544. The van der Waals surface area contributed by atoms with Crippen molar-refractivity contribution in [2.45, 2.75) is 0 Å². The van der Waals surface area contributed by atoms with E-state index in [1.54, 1.807) is 0 Å².